The Morgan fingerprint density at radius 3 is 2.91 bits per heavy atom. The van der Waals surface area contributed by atoms with Crippen LogP contribution in [0.2, 0.25) is 0 Å². The first-order valence-electron chi connectivity index (χ1n) is 7.32. The quantitative estimate of drug-likeness (QED) is 0.507. The molecule has 1 N–H and O–H groups in total. The monoisotopic (exact) mass is 334 g/mol. The van der Waals surface area contributed by atoms with Crippen molar-refractivity contribution in [2.75, 3.05) is 12.5 Å². The van der Waals surface area contributed by atoms with Crippen molar-refractivity contribution in [2.45, 2.75) is 25.4 Å². The van der Waals surface area contributed by atoms with Gasteiger partial charge in [-0.05, 0) is 12.5 Å². The summed E-state index contributed by atoms with van der Waals surface area (Å²) in [5.74, 6) is 2.26. The molecular formula is C16H15ClN2O4. The molecule has 2 amide bonds. The van der Waals surface area contributed by atoms with E-state index in [0.717, 1.165) is 5.56 Å². The summed E-state index contributed by atoms with van der Waals surface area (Å²) in [6.45, 7) is 0.723. The second kappa shape index (κ2) is 6.44. The van der Waals surface area contributed by atoms with Gasteiger partial charge in [-0.1, -0.05) is 12.1 Å². The summed E-state index contributed by atoms with van der Waals surface area (Å²) in [5.41, 5.74) is 1.86. The lowest BCUT2D eigenvalue weighted by Crippen LogP contribution is -2.50. The Hall–Kier alpha value is -2.30. The van der Waals surface area contributed by atoms with Crippen molar-refractivity contribution in [3.63, 3.8) is 0 Å². The smallest absolute Gasteiger partial charge is 0.249 e. The maximum Gasteiger partial charge on any atom is 0.249 e. The number of imide groups is 1. The molecule has 1 atom stereocenters. The highest BCUT2D eigenvalue weighted by Crippen LogP contribution is 2.39. The Bertz CT molecular complexity index is 712. The molecule has 6 nitrogen and oxygen atoms in total. The number of carbonyl (C=O) groups excluding carboxylic acids is 3. The third-order valence-electron chi connectivity index (χ3n) is 4.02. The van der Waals surface area contributed by atoms with Crippen molar-refractivity contribution in [1.29, 1.82) is 0 Å². The van der Waals surface area contributed by atoms with Crippen molar-refractivity contribution >= 4 is 35.1 Å². The van der Waals surface area contributed by atoms with Crippen molar-refractivity contribution in [3.8, 4) is 5.75 Å². The van der Waals surface area contributed by atoms with Gasteiger partial charge >= 0.3 is 0 Å². The van der Waals surface area contributed by atoms with Gasteiger partial charge in [0.15, 0.2) is 5.94 Å². The molecule has 23 heavy (non-hydrogen) atoms. The van der Waals surface area contributed by atoms with Crippen LogP contribution in [0.25, 0.3) is 5.70 Å². The standard InChI is InChI=1S/C16H15ClN2O4/c17-6-7-23-14-3-1-2-10-11(14)8-19(13(10)9-20)12-4-5-15(21)18-16(12)22/h1-3,12H,4-8H2,(H,18,21,22). The minimum absolute atomic E-state index is 0.255. The lowest BCUT2D eigenvalue weighted by atomic mass is 10.0. The average molecular weight is 335 g/mol. The zero-order chi connectivity index (χ0) is 16.4. The van der Waals surface area contributed by atoms with Gasteiger partial charge in [0.2, 0.25) is 11.8 Å². The van der Waals surface area contributed by atoms with Crippen LogP contribution in [0.5, 0.6) is 5.75 Å². The van der Waals surface area contributed by atoms with Crippen LogP contribution in [0.15, 0.2) is 18.2 Å². The first-order valence-corrected chi connectivity index (χ1v) is 7.85. The molecule has 0 radical (unpaired) electrons. The van der Waals surface area contributed by atoms with Crippen LogP contribution in [0, 0.1) is 0 Å². The number of fused-ring (bicyclic) bond motifs is 1. The Labute approximate surface area is 138 Å². The third kappa shape index (κ3) is 2.83. The third-order valence-corrected chi connectivity index (χ3v) is 4.18. The number of rotatable bonds is 4. The average Bonchev–Trinajstić information content (AvgIpc) is 2.91. The summed E-state index contributed by atoms with van der Waals surface area (Å²) in [7, 11) is 0. The first kappa shape index (κ1) is 15.6. The molecular weight excluding hydrogens is 320 g/mol. The van der Waals surface area contributed by atoms with E-state index in [1.165, 1.54) is 0 Å². The maximum absolute atomic E-state index is 12.1. The maximum atomic E-state index is 12.1. The van der Waals surface area contributed by atoms with Gasteiger partial charge in [0.25, 0.3) is 0 Å². The summed E-state index contributed by atoms with van der Waals surface area (Å²) in [6.07, 6.45) is 0.632. The number of piperidine rings is 1. The molecule has 0 saturated carbocycles. The Balaban J connectivity index is 1.92. The second-order valence-electron chi connectivity index (χ2n) is 5.37. The summed E-state index contributed by atoms with van der Waals surface area (Å²) in [6, 6.07) is 4.84. The van der Waals surface area contributed by atoms with E-state index in [9.17, 15) is 14.4 Å². The van der Waals surface area contributed by atoms with Gasteiger partial charge in [-0.15, -0.1) is 11.6 Å². The van der Waals surface area contributed by atoms with Crippen molar-refractivity contribution in [2.24, 2.45) is 0 Å². The molecule has 0 aliphatic carbocycles. The fraction of sp³-hybridized carbons (Fsp3) is 0.375. The molecule has 120 valence electrons. The largest absolute Gasteiger partial charge is 0.492 e. The topological polar surface area (TPSA) is 75.7 Å². The highest BCUT2D eigenvalue weighted by molar-refractivity contribution is 6.18. The molecule has 0 bridgehead atoms. The molecule has 0 spiro atoms. The van der Waals surface area contributed by atoms with Gasteiger partial charge in [-0.2, -0.15) is 0 Å². The number of ether oxygens (including phenoxy) is 1. The van der Waals surface area contributed by atoms with Crippen LogP contribution in [0.3, 0.4) is 0 Å². The van der Waals surface area contributed by atoms with Crippen LogP contribution in [-0.4, -0.2) is 41.2 Å². The number of alkyl halides is 1. The fourth-order valence-corrected chi connectivity index (χ4v) is 3.07. The first-order chi connectivity index (χ1) is 11.2. The Morgan fingerprint density at radius 1 is 1.39 bits per heavy atom. The van der Waals surface area contributed by atoms with E-state index in [1.54, 1.807) is 17.0 Å². The Kier molecular flexibility index (Phi) is 4.37. The van der Waals surface area contributed by atoms with Crippen LogP contribution < -0.4 is 10.1 Å². The molecule has 1 aromatic rings. The molecule has 1 aromatic carbocycles. The van der Waals surface area contributed by atoms with Crippen LogP contribution in [0.4, 0.5) is 0 Å². The van der Waals surface area contributed by atoms with Gasteiger partial charge in [0, 0.05) is 24.1 Å². The Morgan fingerprint density at radius 2 is 2.22 bits per heavy atom. The van der Waals surface area contributed by atoms with Gasteiger partial charge in [-0.3, -0.25) is 14.9 Å². The van der Waals surface area contributed by atoms with Crippen molar-refractivity contribution < 1.29 is 19.1 Å². The highest BCUT2D eigenvalue weighted by Gasteiger charge is 2.38. The summed E-state index contributed by atoms with van der Waals surface area (Å²) < 4.78 is 5.61. The van der Waals surface area contributed by atoms with E-state index in [4.69, 9.17) is 16.3 Å². The molecule has 1 fully saturated rings. The van der Waals surface area contributed by atoms with E-state index in [0.29, 0.717) is 42.5 Å². The lowest BCUT2D eigenvalue weighted by molar-refractivity contribution is -0.136. The number of benzene rings is 1. The van der Waals surface area contributed by atoms with Gasteiger partial charge < -0.3 is 9.64 Å². The van der Waals surface area contributed by atoms with Gasteiger partial charge in [-0.25, -0.2) is 4.79 Å². The number of nitrogens with zero attached hydrogens (tertiary/aromatic N) is 1. The van der Waals surface area contributed by atoms with E-state index < -0.39 is 6.04 Å². The minimum Gasteiger partial charge on any atom is -0.492 e. The molecule has 1 unspecified atom stereocenters. The van der Waals surface area contributed by atoms with E-state index in [2.05, 4.69) is 5.32 Å². The van der Waals surface area contributed by atoms with Crippen molar-refractivity contribution in [1.82, 2.24) is 10.2 Å². The number of hydrogen-bond acceptors (Lipinski definition) is 5. The van der Waals surface area contributed by atoms with E-state index in [-0.39, 0.29) is 18.2 Å². The molecule has 1 saturated heterocycles. The number of carbonyl (C=O) groups is 2. The normalized spacial score (nSPS) is 20.1. The molecule has 3 rings (SSSR count). The fourth-order valence-electron chi connectivity index (χ4n) is 3.00. The number of amides is 2. The summed E-state index contributed by atoms with van der Waals surface area (Å²) in [5, 5.41) is 2.32. The molecule has 2 heterocycles. The van der Waals surface area contributed by atoms with Crippen LogP contribution in [-0.2, 0) is 20.9 Å². The molecule has 2 aliphatic heterocycles. The van der Waals surface area contributed by atoms with E-state index >= 15 is 0 Å². The van der Waals surface area contributed by atoms with Crippen LogP contribution in [0.1, 0.15) is 24.0 Å². The SMILES string of the molecule is O=C=C1c2cccc(OCCCl)c2CN1C1CCC(=O)NC1=O. The van der Waals surface area contributed by atoms with Gasteiger partial charge in [0.05, 0.1) is 5.88 Å². The number of nitrogens with one attached hydrogen (secondary N) is 1. The molecule has 0 aromatic heterocycles. The summed E-state index contributed by atoms with van der Waals surface area (Å²) in [4.78, 5) is 36.5. The summed E-state index contributed by atoms with van der Waals surface area (Å²) >= 11 is 5.65. The lowest BCUT2D eigenvalue weighted by Gasteiger charge is -2.30. The van der Waals surface area contributed by atoms with E-state index in [1.807, 2.05) is 12.0 Å². The minimum atomic E-state index is -0.558. The highest BCUT2D eigenvalue weighted by atomic mass is 35.5. The molecule has 2 aliphatic rings. The predicted molar refractivity (Wildman–Crippen MR) is 83.5 cm³/mol. The zero-order valence-corrected chi connectivity index (χ0v) is 13.1. The van der Waals surface area contributed by atoms with Gasteiger partial charge in [0.1, 0.15) is 24.1 Å². The molecule has 7 heteroatoms. The predicted octanol–water partition coefficient (Wildman–Crippen LogP) is 1.10. The van der Waals surface area contributed by atoms with Crippen LogP contribution >= 0.6 is 11.6 Å². The second-order valence-corrected chi connectivity index (χ2v) is 5.74. The number of halogens is 1. The zero-order valence-electron chi connectivity index (χ0n) is 12.3. The van der Waals surface area contributed by atoms with Crippen molar-refractivity contribution in [3.05, 3.63) is 29.3 Å². The number of hydrogen-bond donors (Lipinski definition) is 1.